The van der Waals surface area contributed by atoms with Gasteiger partial charge in [-0.05, 0) is 94.7 Å². The Bertz CT molecular complexity index is 1010. The number of carbonyl (C=O) groups excluding carboxylic acids is 1. The van der Waals surface area contributed by atoms with Gasteiger partial charge in [0, 0.05) is 41.0 Å². The first-order valence-corrected chi connectivity index (χ1v) is 13.0. The van der Waals surface area contributed by atoms with E-state index in [9.17, 15) is 4.79 Å². The van der Waals surface area contributed by atoms with E-state index in [0.29, 0.717) is 13.1 Å². The van der Waals surface area contributed by atoms with E-state index in [4.69, 9.17) is 14.7 Å². The van der Waals surface area contributed by atoms with E-state index in [0.717, 1.165) is 29.3 Å². The van der Waals surface area contributed by atoms with Crippen molar-refractivity contribution < 1.29 is 9.53 Å². The Kier molecular flexibility index (Phi) is 5.57. The zero-order chi connectivity index (χ0) is 22.7. The number of ether oxygens (including phenoxy) is 1. The van der Waals surface area contributed by atoms with Crippen LogP contribution in [0.2, 0.25) is 0 Å². The average molecular weight is 551 g/mol. The molecule has 1 amide bonds. The number of piperazine rings is 1. The molecule has 32 heavy (non-hydrogen) atoms. The Morgan fingerprint density at radius 1 is 1.16 bits per heavy atom. The Hall–Kier alpha value is -1.58. The SMILES string of the molecule is C[C@H]1CN(C(=O)OC(C)(C)C)CCN1c1ncnc2c1c(I)cn2C12CCC(CC1)CC2. The lowest BCUT2D eigenvalue weighted by molar-refractivity contribution is 0.0218. The van der Waals surface area contributed by atoms with E-state index in [-0.39, 0.29) is 17.7 Å². The highest BCUT2D eigenvalue weighted by Gasteiger charge is 2.43. The molecule has 2 aromatic rings. The van der Waals surface area contributed by atoms with Crippen LogP contribution >= 0.6 is 22.6 Å². The van der Waals surface area contributed by atoms with Crippen molar-refractivity contribution in [3.8, 4) is 0 Å². The zero-order valence-corrected chi connectivity index (χ0v) is 21.8. The summed E-state index contributed by atoms with van der Waals surface area (Å²) < 4.78 is 9.30. The standard InChI is InChI=1S/C24H34IN5O2/c1-16-13-28(22(31)32-23(2,3)4)11-12-29(16)20-19-18(25)14-30(21(19)27-15-26-20)24-8-5-17(6-9-24)7-10-24/h14-17H,5-13H2,1-4H3/t16-,17?,24?/m0/s1. The van der Waals surface area contributed by atoms with Gasteiger partial charge in [0.15, 0.2) is 0 Å². The maximum Gasteiger partial charge on any atom is 0.410 e. The summed E-state index contributed by atoms with van der Waals surface area (Å²) in [6.07, 6.45) is 11.6. The minimum Gasteiger partial charge on any atom is -0.444 e. The molecule has 0 radical (unpaired) electrons. The molecular weight excluding hydrogens is 517 g/mol. The number of nitrogens with zero attached hydrogens (tertiary/aromatic N) is 5. The van der Waals surface area contributed by atoms with Gasteiger partial charge in [0.2, 0.25) is 0 Å². The number of aromatic nitrogens is 3. The first-order chi connectivity index (χ1) is 15.2. The van der Waals surface area contributed by atoms with Crippen LogP contribution in [0.1, 0.15) is 66.2 Å². The van der Waals surface area contributed by atoms with Crippen molar-refractivity contribution in [3.05, 3.63) is 16.1 Å². The number of hydrogen-bond donors (Lipinski definition) is 0. The molecule has 1 atom stereocenters. The Morgan fingerprint density at radius 3 is 2.47 bits per heavy atom. The lowest BCUT2D eigenvalue weighted by Gasteiger charge is -2.47. The van der Waals surface area contributed by atoms with E-state index in [1.54, 1.807) is 6.33 Å². The maximum atomic E-state index is 12.6. The molecule has 1 aliphatic heterocycles. The molecule has 1 saturated heterocycles. The summed E-state index contributed by atoms with van der Waals surface area (Å²) in [6, 6.07) is 0.150. The molecule has 0 unspecified atom stereocenters. The third-order valence-electron chi connectivity index (χ3n) is 7.63. The molecule has 8 heteroatoms. The summed E-state index contributed by atoms with van der Waals surface area (Å²) in [5.74, 6) is 1.93. The molecular formula is C24H34IN5O2. The van der Waals surface area contributed by atoms with E-state index in [2.05, 4.69) is 45.2 Å². The number of carbonyl (C=O) groups is 1. The van der Waals surface area contributed by atoms with E-state index < -0.39 is 5.60 Å². The van der Waals surface area contributed by atoms with Crippen LogP contribution in [0.5, 0.6) is 0 Å². The Labute approximate surface area is 204 Å². The highest BCUT2D eigenvalue weighted by Crippen LogP contribution is 2.50. The molecule has 3 heterocycles. The fraction of sp³-hybridized carbons (Fsp3) is 0.708. The first kappa shape index (κ1) is 22.2. The van der Waals surface area contributed by atoms with Gasteiger partial charge in [0.1, 0.15) is 23.4 Å². The number of fused-ring (bicyclic) bond motifs is 4. The minimum atomic E-state index is -0.479. The Balaban J connectivity index is 1.43. The summed E-state index contributed by atoms with van der Waals surface area (Å²) in [6.45, 7) is 9.89. The van der Waals surface area contributed by atoms with Crippen LogP contribution in [0, 0.1) is 9.49 Å². The molecule has 2 bridgehead atoms. The Morgan fingerprint density at radius 2 is 1.84 bits per heavy atom. The predicted octanol–water partition coefficient (Wildman–Crippen LogP) is 5.16. The summed E-state index contributed by atoms with van der Waals surface area (Å²) >= 11 is 2.46. The molecule has 7 nitrogen and oxygen atoms in total. The van der Waals surface area contributed by atoms with Gasteiger partial charge >= 0.3 is 6.09 Å². The highest BCUT2D eigenvalue weighted by atomic mass is 127. The number of rotatable bonds is 2. The zero-order valence-electron chi connectivity index (χ0n) is 19.6. The minimum absolute atomic E-state index is 0.150. The first-order valence-electron chi connectivity index (χ1n) is 11.9. The quantitative estimate of drug-likeness (QED) is 0.483. The van der Waals surface area contributed by atoms with Gasteiger partial charge in [-0.2, -0.15) is 0 Å². The number of anilines is 1. The molecule has 0 spiro atoms. The van der Waals surface area contributed by atoms with Crippen LogP contribution < -0.4 is 4.90 Å². The van der Waals surface area contributed by atoms with Crippen LogP contribution in [0.4, 0.5) is 10.6 Å². The van der Waals surface area contributed by atoms with Crippen molar-refractivity contribution in [3.63, 3.8) is 0 Å². The second-order valence-electron chi connectivity index (χ2n) is 10.9. The second-order valence-corrected chi connectivity index (χ2v) is 12.1. The molecule has 3 aliphatic carbocycles. The van der Waals surface area contributed by atoms with Gasteiger partial charge in [-0.15, -0.1) is 0 Å². The molecule has 3 saturated carbocycles. The van der Waals surface area contributed by atoms with Gasteiger partial charge in [0.05, 0.1) is 5.39 Å². The molecule has 0 N–H and O–H groups in total. The topological polar surface area (TPSA) is 63.5 Å². The van der Waals surface area contributed by atoms with Gasteiger partial charge in [-0.3, -0.25) is 0 Å². The average Bonchev–Trinajstić information content (AvgIpc) is 3.11. The lowest BCUT2D eigenvalue weighted by Crippen LogP contribution is -2.54. The van der Waals surface area contributed by atoms with Crippen molar-refractivity contribution in [1.29, 1.82) is 0 Å². The molecule has 4 aliphatic rings. The third-order valence-corrected chi connectivity index (χ3v) is 8.45. The predicted molar refractivity (Wildman–Crippen MR) is 134 cm³/mol. The molecule has 174 valence electrons. The summed E-state index contributed by atoms with van der Waals surface area (Å²) in [7, 11) is 0. The normalized spacial score (nSPS) is 28.4. The van der Waals surface area contributed by atoms with Gasteiger partial charge in [0.25, 0.3) is 0 Å². The van der Waals surface area contributed by atoms with Crippen molar-refractivity contribution in [2.75, 3.05) is 24.5 Å². The van der Waals surface area contributed by atoms with Gasteiger partial charge in [-0.1, -0.05) is 0 Å². The van der Waals surface area contributed by atoms with Crippen molar-refractivity contribution >= 4 is 45.5 Å². The number of amides is 1. The van der Waals surface area contributed by atoms with E-state index in [1.165, 1.54) is 42.1 Å². The summed E-state index contributed by atoms with van der Waals surface area (Å²) in [5.41, 5.74) is 0.817. The largest absolute Gasteiger partial charge is 0.444 e. The van der Waals surface area contributed by atoms with Crippen LogP contribution in [0.3, 0.4) is 0 Å². The van der Waals surface area contributed by atoms with Crippen molar-refractivity contribution in [1.82, 2.24) is 19.4 Å². The highest BCUT2D eigenvalue weighted by molar-refractivity contribution is 14.1. The van der Waals surface area contributed by atoms with E-state index >= 15 is 0 Å². The molecule has 2 aromatic heterocycles. The smallest absolute Gasteiger partial charge is 0.410 e. The molecule has 6 rings (SSSR count). The summed E-state index contributed by atoms with van der Waals surface area (Å²) in [5, 5.41) is 1.16. The molecule has 4 fully saturated rings. The maximum absolute atomic E-state index is 12.6. The van der Waals surface area contributed by atoms with Crippen LogP contribution in [0.25, 0.3) is 11.0 Å². The number of halogens is 1. The second kappa shape index (κ2) is 8.02. The van der Waals surface area contributed by atoms with E-state index in [1.807, 2.05) is 25.7 Å². The lowest BCUT2D eigenvalue weighted by atomic mass is 9.65. The number of hydrogen-bond acceptors (Lipinski definition) is 5. The fourth-order valence-corrected chi connectivity index (χ4v) is 6.70. The molecule has 0 aromatic carbocycles. The fourth-order valence-electron chi connectivity index (χ4n) is 5.93. The summed E-state index contributed by atoms with van der Waals surface area (Å²) in [4.78, 5) is 26.3. The third kappa shape index (κ3) is 3.86. The van der Waals surface area contributed by atoms with Gasteiger partial charge in [-0.25, -0.2) is 14.8 Å². The van der Waals surface area contributed by atoms with Crippen molar-refractivity contribution in [2.24, 2.45) is 5.92 Å². The van der Waals surface area contributed by atoms with Crippen LogP contribution in [-0.2, 0) is 10.3 Å². The van der Waals surface area contributed by atoms with Crippen LogP contribution in [0.15, 0.2) is 12.5 Å². The van der Waals surface area contributed by atoms with Gasteiger partial charge < -0.3 is 19.1 Å². The van der Waals surface area contributed by atoms with Crippen LogP contribution in [-0.4, -0.2) is 56.8 Å². The van der Waals surface area contributed by atoms with Crippen molar-refractivity contribution in [2.45, 2.75) is 83.4 Å². The monoisotopic (exact) mass is 551 g/mol.